The Morgan fingerprint density at radius 1 is 0.769 bits per heavy atom. The Labute approximate surface area is 228 Å². The molecule has 0 aromatic heterocycles. The highest BCUT2D eigenvalue weighted by molar-refractivity contribution is 5.92. The van der Waals surface area contributed by atoms with Crippen molar-refractivity contribution < 1.29 is 19.1 Å². The van der Waals surface area contributed by atoms with Gasteiger partial charge < -0.3 is 21.1 Å². The number of primary amides is 1. The van der Waals surface area contributed by atoms with E-state index in [0.717, 1.165) is 27.5 Å². The fourth-order valence-electron chi connectivity index (χ4n) is 4.39. The van der Waals surface area contributed by atoms with Crippen molar-refractivity contribution in [2.24, 2.45) is 5.73 Å². The number of amides is 3. The quantitative estimate of drug-likeness (QED) is 0.292. The van der Waals surface area contributed by atoms with E-state index < -0.39 is 35.6 Å². The van der Waals surface area contributed by atoms with E-state index in [2.05, 4.69) is 10.6 Å². The minimum absolute atomic E-state index is 0.203. The van der Waals surface area contributed by atoms with Gasteiger partial charge in [0.25, 0.3) is 0 Å². The Kier molecular flexibility index (Phi) is 8.30. The molecular weight excluding hydrogens is 490 g/mol. The molecule has 1 unspecified atom stereocenters. The summed E-state index contributed by atoms with van der Waals surface area (Å²) < 4.78 is 5.41. The predicted octanol–water partition coefficient (Wildman–Crippen LogP) is 5.29. The van der Waals surface area contributed by atoms with Crippen molar-refractivity contribution in [2.45, 2.75) is 44.9 Å². The lowest BCUT2D eigenvalue weighted by Crippen LogP contribution is -2.50. The molecule has 0 saturated heterocycles. The zero-order valence-corrected chi connectivity index (χ0v) is 22.3. The van der Waals surface area contributed by atoms with Crippen molar-refractivity contribution in [2.75, 3.05) is 0 Å². The molecule has 0 saturated carbocycles. The number of hydrogen-bond acceptors (Lipinski definition) is 4. The van der Waals surface area contributed by atoms with Crippen molar-refractivity contribution in [3.05, 3.63) is 108 Å². The third-order valence-electron chi connectivity index (χ3n) is 6.24. The Bertz CT molecular complexity index is 1460. The van der Waals surface area contributed by atoms with E-state index in [1.165, 1.54) is 0 Å². The standard InChI is InChI=1S/C32H33N3O4/c1-32(2,3)39-31(38)35-28(24-18-16-22(17-19-24)21-10-5-4-6-11-21)30(37)34-27(29(33)36)20-25-14-9-13-23-12-7-8-15-26(23)25/h4-19,27-28H,20H2,1-3H3,(H2,33,36)(H,34,37)(H,35,38)/t27-,28?/m0/s1. The molecule has 4 aromatic carbocycles. The predicted molar refractivity (Wildman–Crippen MR) is 153 cm³/mol. The summed E-state index contributed by atoms with van der Waals surface area (Å²) in [7, 11) is 0. The minimum Gasteiger partial charge on any atom is -0.444 e. The Morgan fingerprint density at radius 3 is 2.05 bits per heavy atom. The number of benzene rings is 4. The maximum Gasteiger partial charge on any atom is 0.408 e. The van der Waals surface area contributed by atoms with Crippen LogP contribution in [-0.4, -0.2) is 29.6 Å². The second-order valence-corrected chi connectivity index (χ2v) is 10.4. The number of hydrogen-bond donors (Lipinski definition) is 3. The zero-order valence-electron chi connectivity index (χ0n) is 22.3. The van der Waals surface area contributed by atoms with E-state index >= 15 is 0 Å². The monoisotopic (exact) mass is 523 g/mol. The van der Waals surface area contributed by atoms with Gasteiger partial charge in [0, 0.05) is 6.42 Å². The van der Waals surface area contributed by atoms with Crippen molar-refractivity contribution in [1.29, 1.82) is 0 Å². The fraction of sp³-hybridized carbons (Fsp3) is 0.219. The molecule has 0 aliphatic carbocycles. The molecule has 0 spiro atoms. The first kappa shape index (κ1) is 27.4. The third-order valence-corrected chi connectivity index (χ3v) is 6.24. The van der Waals surface area contributed by atoms with Crippen LogP contribution >= 0.6 is 0 Å². The molecule has 0 heterocycles. The highest BCUT2D eigenvalue weighted by Crippen LogP contribution is 2.24. The number of alkyl carbamates (subject to hydrolysis) is 1. The van der Waals surface area contributed by atoms with Crippen LogP contribution < -0.4 is 16.4 Å². The molecule has 4 aromatic rings. The van der Waals surface area contributed by atoms with Gasteiger partial charge in [-0.25, -0.2) is 4.79 Å². The molecule has 4 N–H and O–H groups in total. The van der Waals surface area contributed by atoms with Gasteiger partial charge >= 0.3 is 6.09 Å². The van der Waals surface area contributed by atoms with Crippen LogP contribution in [0.25, 0.3) is 21.9 Å². The molecule has 0 radical (unpaired) electrons. The molecule has 200 valence electrons. The Balaban J connectivity index is 1.60. The maximum atomic E-state index is 13.6. The first-order valence-electron chi connectivity index (χ1n) is 12.8. The zero-order chi connectivity index (χ0) is 28.0. The molecule has 7 nitrogen and oxygen atoms in total. The summed E-state index contributed by atoms with van der Waals surface area (Å²) in [6.45, 7) is 5.22. The summed E-state index contributed by atoms with van der Waals surface area (Å²) in [5.41, 5.74) is 8.35. The van der Waals surface area contributed by atoms with Crippen LogP contribution in [0.1, 0.15) is 37.9 Å². The number of carbonyl (C=O) groups is 3. The summed E-state index contributed by atoms with van der Waals surface area (Å²) in [5, 5.41) is 7.41. The lowest BCUT2D eigenvalue weighted by Gasteiger charge is -2.25. The van der Waals surface area contributed by atoms with E-state index in [1.54, 1.807) is 32.9 Å². The lowest BCUT2D eigenvalue weighted by molar-refractivity contribution is -0.128. The Morgan fingerprint density at radius 2 is 1.38 bits per heavy atom. The molecule has 39 heavy (non-hydrogen) atoms. The molecule has 0 aliphatic rings. The number of nitrogens with two attached hydrogens (primary N) is 1. The normalized spacial score (nSPS) is 12.8. The van der Waals surface area contributed by atoms with Crippen molar-refractivity contribution in [3.8, 4) is 11.1 Å². The van der Waals surface area contributed by atoms with Crippen LogP contribution in [0.15, 0.2) is 97.1 Å². The SMILES string of the molecule is CC(C)(C)OC(=O)NC(C(=O)N[C@@H](Cc1cccc2ccccc12)C(N)=O)c1ccc(-c2ccccc2)cc1. The average Bonchev–Trinajstić information content (AvgIpc) is 2.91. The largest absolute Gasteiger partial charge is 0.444 e. The topological polar surface area (TPSA) is 111 Å². The molecule has 7 heteroatoms. The van der Waals surface area contributed by atoms with Gasteiger partial charge in [-0.15, -0.1) is 0 Å². The molecular formula is C32H33N3O4. The number of fused-ring (bicyclic) bond motifs is 1. The van der Waals surface area contributed by atoms with Crippen molar-refractivity contribution in [1.82, 2.24) is 10.6 Å². The third kappa shape index (κ3) is 7.23. The van der Waals surface area contributed by atoms with Gasteiger partial charge in [-0.05, 0) is 53.8 Å². The number of ether oxygens (including phenoxy) is 1. The van der Waals surface area contributed by atoms with E-state index in [-0.39, 0.29) is 6.42 Å². The van der Waals surface area contributed by atoms with Gasteiger partial charge in [0.15, 0.2) is 0 Å². The highest BCUT2D eigenvalue weighted by Gasteiger charge is 2.29. The van der Waals surface area contributed by atoms with Crippen LogP contribution in [0.4, 0.5) is 4.79 Å². The van der Waals surface area contributed by atoms with Gasteiger partial charge in [0.1, 0.15) is 17.7 Å². The summed E-state index contributed by atoms with van der Waals surface area (Å²) in [6, 6.07) is 28.6. The van der Waals surface area contributed by atoms with Gasteiger partial charge in [-0.3, -0.25) is 9.59 Å². The van der Waals surface area contributed by atoms with Gasteiger partial charge in [0.2, 0.25) is 11.8 Å². The van der Waals surface area contributed by atoms with E-state index in [9.17, 15) is 14.4 Å². The molecule has 0 aliphatic heterocycles. The van der Waals surface area contributed by atoms with E-state index in [1.807, 2.05) is 84.9 Å². The van der Waals surface area contributed by atoms with E-state index in [4.69, 9.17) is 10.5 Å². The fourth-order valence-corrected chi connectivity index (χ4v) is 4.39. The van der Waals surface area contributed by atoms with Crippen LogP contribution in [-0.2, 0) is 20.7 Å². The maximum absolute atomic E-state index is 13.6. The summed E-state index contributed by atoms with van der Waals surface area (Å²) in [6.07, 6.45) is -0.548. The summed E-state index contributed by atoms with van der Waals surface area (Å²) in [5.74, 6) is -1.25. The highest BCUT2D eigenvalue weighted by atomic mass is 16.6. The smallest absolute Gasteiger partial charge is 0.408 e. The molecule has 2 atom stereocenters. The number of carbonyl (C=O) groups excluding carboxylic acids is 3. The first-order valence-corrected chi connectivity index (χ1v) is 12.8. The van der Waals surface area contributed by atoms with Gasteiger partial charge in [-0.2, -0.15) is 0 Å². The van der Waals surface area contributed by atoms with Crippen LogP contribution in [0, 0.1) is 0 Å². The van der Waals surface area contributed by atoms with Crippen LogP contribution in [0.5, 0.6) is 0 Å². The van der Waals surface area contributed by atoms with Crippen LogP contribution in [0.2, 0.25) is 0 Å². The van der Waals surface area contributed by atoms with Crippen molar-refractivity contribution >= 4 is 28.7 Å². The molecule has 0 bridgehead atoms. The Hall–Kier alpha value is -4.65. The minimum atomic E-state index is -1.11. The number of rotatable bonds is 8. The number of nitrogens with one attached hydrogen (secondary N) is 2. The second kappa shape index (κ2) is 11.8. The van der Waals surface area contributed by atoms with Gasteiger partial charge in [-0.1, -0.05) is 97.1 Å². The van der Waals surface area contributed by atoms with Crippen LogP contribution in [0.3, 0.4) is 0 Å². The van der Waals surface area contributed by atoms with Crippen molar-refractivity contribution in [3.63, 3.8) is 0 Å². The molecule has 4 rings (SSSR count). The van der Waals surface area contributed by atoms with Gasteiger partial charge in [0.05, 0.1) is 0 Å². The molecule has 0 fully saturated rings. The molecule has 3 amide bonds. The van der Waals surface area contributed by atoms with E-state index in [0.29, 0.717) is 5.56 Å². The second-order valence-electron chi connectivity index (χ2n) is 10.4. The average molecular weight is 524 g/mol. The summed E-state index contributed by atoms with van der Waals surface area (Å²) >= 11 is 0. The summed E-state index contributed by atoms with van der Waals surface area (Å²) in [4.78, 5) is 38.7. The first-order chi connectivity index (χ1) is 18.6. The lowest BCUT2D eigenvalue weighted by atomic mass is 9.97.